The Kier molecular flexibility index (Phi) is 6.89. The first-order valence-corrected chi connectivity index (χ1v) is 11.4. The molecule has 0 bridgehead atoms. The number of hydrogen-bond acceptors (Lipinski definition) is 5. The van der Waals surface area contributed by atoms with E-state index in [2.05, 4.69) is 5.32 Å². The number of nitrogens with zero attached hydrogens (tertiary/aromatic N) is 1. The van der Waals surface area contributed by atoms with E-state index in [1.165, 1.54) is 4.31 Å². The predicted octanol–water partition coefficient (Wildman–Crippen LogP) is 3.21. The number of ether oxygens (including phenoxy) is 1. The zero-order valence-electron chi connectivity index (χ0n) is 17.1. The molecular weight excluding hydrogens is 404 g/mol. The molecule has 2 aromatic rings. The number of amides is 1. The Balaban J connectivity index is 1.69. The minimum Gasteiger partial charge on any atom is -0.462 e. The summed E-state index contributed by atoms with van der Waals surface area (Å²) >= 11 is 0. The minimum absolute atomic E-state index is 0.142. The highest BCUT2D eigenvalue weighted by Crippen LogP contribution is 2.25. The lowest BCUT2D eigenvalue weighted by Gasteiger charge is -2.31. The highest BCUT2D eigenvalue weighted by molar-refractivity contribution is 7.89. The van der Waals surface area contributed by atoms with Gasteiger partial charge in [-0.1, -0.05) is 18.2 Å². The van der Waals surface area contributed by atoms with Crippen LogP contribution in [0.4, 0.5) is 5.69 Å². The minimum atomic E-state index is -3.63. The first-order valence-electron chi connectivity index (χ1n) is 9.96. The number of aryl methyl sites for hydroxylation is 1. The summed E-state index contributed by atoms with van der Waals surface area (Å²) in [5, 5.41) is 2.88. The van der Waals surface area contributed by atoms with Crippen molar-refractivity contribution in [3.63, 3.8) is 0 Å². The number of hydrogen-bond donors (Lipinski definition) is 1. The van der Waals surface area contributed by atoms with E-state index in [-0.39, 0.29) is 17.3 Å². The topological polar surface area (TPSA) is 92.8 Å². The van der Waals surface area contributed by atoms with Gasteiger partial charge in [0.05, 0.1) is 23.0 Å². The quantitative estimate of drug-likeness (QED) is 0.711. The SMILES string of the molecule is CCOC(=O)c1ccc(NC(=O)[C@@H]2CCCN(S(=O)(=O)c3ccccc3)C2)c(C)c1. The Morgan fingerprint density at radius 1 is 1.17 bits per heavy atom. The molecule has 1 saturated heterocycles. The van der Waals surface area contributed by atoms with Crippen LogP contribution in [0.3, 0.4) is 0 Å². The molecule has 7 nitrogen and oxygen atoms in total. The zero-order chi connectivity index (χ0) is 21.7. The Morgan fingerprint density at radius 3 is 2.57 bits per heavy atom. The van der Waals surface area contributed by atoms with Gasteiger partial charge in [0.25, 0.3) is 0 Å². The molecule has 3 rings (SSSR count). The molecule has 160 valence electrons. The van der Waals surface area contributed by atoms with E-state index in [4.69, 9.17) is 4.74 Å². The van der Waals surface area contributed by atoms with Gasteiger partial charge in [0.2, 0.25) is 15.9 Å². The maximum absolute atomic E-state index is 12.9. The average Bonchev–Trinajstić information content (AvgIpc) is 2.76. The molecule has 1 fully saturated rings. The molecule has 0 unspecified atom stereocenters. The van der Waals surface area contributed by atoms with Gasteiger partial charge < -0.3 is 10.1 Å². The molecule has 1 N–H and O–H groups in total. The highest BCUT2D eigenvalue weighted by Gasteiger charge is 2.33. The van der Waals surface area contributed by atoms with E-state index in [0.717, 1.165) is 5.56 Å². The number of nitrogens with one attached hydrogen (secondary N) is 1. The van der Waals surface area contributed by atoms with Crippen molar-refractivity contribution in [2.24, 2.45) is 5.92 Å². The lowest BCUT2D eigenvalue weighted by Crippen LogP contribution is -2.43. The fourth-order valence-corrected chi connectivity index (χ4v) is 5.04. The fourth-order valence-electron chi connectivity index (χ4n) is 3.50. The summed E-state index contributed by atoms with van der Waals surface area (Å²) in [5.74, 6) is -1.08. The van der Waals surface area contributed by atoms with Gasteiger partial charge in [-0.05, 0) is 62.6 Å². The molecule has 0 aromatic heterocycles. The standard InChI is InChI=1S/C22H26N2O5S/c1-3-29-22(26)17-11-12-20(16(2)14-17)23-21(25)18-8-7-13-24(15-18)30(27,28)19-9-5-4-6-10-19/h4-6,9-12,14,18H,3,7-8,13,15H2,1-2H3,(H,23,25)/t18-/m1/s1. The Labute approximate surface area is 177 Å². The van der Waals surface area contributed by atoms with Crippen molar-refractivity contribution in [2.75, 3.05) is 25.0 Å². The summed E-state index contributed by atoms with van der Waals surface area (Å²) in [6.45, 7) is 4.37. The van der Waals surface area contributed by atoms with Crippen LogP contribution >= 0.6 is 0 Å². The highest BCUT2D eigenvalue weighted by atomic mass is 32.2. The van der Waals surface area contributed by atoms with Gasteiger partial charge in [0, 0.05) is 18.8 Å². The molecule has 1 aliphatic heterocycles. The number of piperidine rings is 1. The second kappa shape index (κ2) is 9.40. The van der Waals surface area contributed by atoms with E-state index in [1.54, 1.807) is 62.4 Å². The molecule has 30 heavy (non-hydrogen) atoms. The molecule has 1 atom stereocenters. The smallest absolute Gasteiger partial charge is 0.338 e. The lowest BCUT2D eigenvalue weighted by molar-refractivity contribution is -0.120. The Hall–Kier alpha value is -2.71. The summed E-state index contributed by atoms with van der Waals surface area (Å²) < 4.78 is 32.1. The first-order chi connectivity index (χ1) is 14.3. The molecular formula is C22H26N2O5S. The number of carbonyl (C=O) groups excluding carboxylic acids is 2. The largest absolute Gasteiger partial charge is 0.462 e. The average molecular weight is 431 g/mol. The van der Waals surface area contributed by atoms with Crippen molar-refractivity contribution in [3.05, 3.63) is 59.7 Å². The first kappa shape index (κ1) is 22.0. The van der Waals surface area contributed by atoms with Crippen LogP contribution < -0.4 is 5.32 Å². The fraction of sp³-hybridized carbons (Fsp3) is 0.364. The number of sulfonamides is 1. The second-order valence-corrected chi connectivity index (χ2v) is 9.19. The lowest BCUT2D eigenvalue weighted by atomic mass is 9.98. The van der Waals surface area contributed by atoms with Crippen LogP contribution in [0.25, 0.3) is 0 Å². The van der Waals surface area contributed by atoms with E-state index in [0.29, 0.717) is 37.2 Å². The predicted molar refractivity (Wildman–Crippen MR) is 114 cm³/mol. The summed E-state index contributed by atoms with van der Waals surface area (Å²) in [5.41, 5.74) is 1.75. The number of benzene rings is 2. The molecule has 2 aromatic carbocycles. The van der Waals surface area contributed by atoms with Gasteiger partial charge in [0.15, 0.2) is 0 Å². The third-order valence-corrected chi connectivity index (χ3v) is 7.01. The van der Waals surface area contributed by atoms with Crippen LogP contribution in [0.15, 0.2) is 53.4 Å². The summed E-state index contributed by atoms with van der Waals surface area (Å²) in [7, 11) is -3.63. The van der Waals surface area contributed by atoms with Crippen molar-refractivity contribution in [1.29, 1.82) is 0 Å². The van der Waals surface area contributed by atoms with Gasteiger partial charge in [-0.2, -0.15) is 4.31 Å². The molecule has 0 saturated carbocycles. The summed E-state index contributed by atoms with van der Waals surface area (Å²) in [6.07, 6.45) is 1.23. The van der Waals surface area contributed by atoms with Crippen LogP contribution in [0.1, 0.15) is 35.7 Å². The number of carbonyl (C=O) groups is 2. The van der Waals surface area contributed by atoms with Crippen LogP contribution in [0.2, 0.25) is 0 Å². The monoisotopic (exact) mass is 430 g/mol. The summed E-state index contributed by atoms with van der Waals surface area (Å²) in [4.78, 5) is 24.9. The van der Waals surface area contributed by atoms with Crippen molar-refractivity contribution < 1.29 is 22.7 Å². The second-order valence-electron chi connectivity index (χ2n) is 7.25. The Bertz CT molecular complexity index is 1020. The van der Waals surface area contributed by atoms with Crippen LogP contribution in [-0.2, 0) is 19.6 Å². The molecule has 0 radical (unpaired) electrons. The van der Waals surface area contributed by atoms with E-state index >= 15 is 0 Å². The van der Waals surface area contributed by atoms with E-state index in [9.17, 15) is 18.0 Å². The van der Waals surface area contributed by atoms with Gasteiger partial charge in [-0.15, -0.1) is 0 Å². The molecule has 1 heterocycles. The van der Waals surface area contributed by atoms with Crippen molar-refractivity contribution in [3.8, 4) is 0 Å². The number of anilines is 1. The normalized spacial score (nSPS) is 17.3. The van der Waals surface area contributed by atoms with Gasteiger partial charge >= 0.3 is 5.97 Å². The van der Waals surface area contributed by atoms with Crippen LogP contribution in [0.5, 0.6) is 0 Å². The zero-order valence-corrected chi connectivity index (χ0v) is 17.9. The van der Waals surface area contributed by atoms with E-state index < -0.39 is 21.9 Å². The van der Waals surface area contributed by atoms with Crippen LogP contribution in [0, 0.1) is 12.8 Å². The molecule has 8 heteroatoms. The van der Waals surface area contributed by atoms with Crippen LogP contribution in [-0.4, -0.2) is 44.3 Å². The molecule has 0 spiro atoms. The Morgan fingerprint density at radius 2 is 1.90 bits per heavy atom. The number of esters is 1. The van der Waals surface area contributed by atoms with Crippen molar-refractivity contribution in [2.45, 2.75) is 31.6 Å². The molecule has 1 aliphatic rings. The molecule has 1 amide bonds. The molecule has 0 aliphatic carbocycles. The maximum atomic E-state index is 12.9. The number of rotatable bonds is 6. The third-order valence-electron chi connectivity index (χ3n) is 5.13. The maximum Gasteiger partial charge on any atom is 0.338 e. The van der Waals surface area contributed by atoms with Crippen molar-refractivity contribution >= 4 is 27.6 Å². The van der Waals surface area contributed by atoms with Gasteiger partial charge in [-0.25, -0.2) is 13.2 Å². The third kappa shape index (κ3) is 4.88. The van der Waals surface area contributed by atoms with E-state index in [1.807, 2.05) is 0 Å². The van der Waals surface area contributed by atoms with Crippen molar-refractivity contribution in [1.82, 2.24) is 4.31 Å². The van der Waals surface area contributed by atoms with Gasteiger partial charge in [0.1, 0.15) is 0 Å². The summed E-state index contributed by atoms with van der Waals surface area (Å²) in [6, 6.07) is 13.2. The van der Waals surface area contributed by atoms with Gasteiger partial charge in [-0.3, -0.25) is 4.79 Å².